The molecule has 0 aliphatic heterocycles. The minimum atomic E-state index is -0.591. The van der Waals surface area contributed by atoms with E-state index in [0.29, 0.717) is 11.4 Å². The van der Waals surface area contributed by atoms with Gasteiger partial charge in [-0.3, -0.25) is 9.59 Å². The van der Waals surface area contributed by atoms with E-state index in [1.807, 2.05) is 20.8 Å². The summed E-state index contributed by atoms with van der Waals surface area (Å²) in [6.45, 7) is 11.4. The molecule has 1 rings (SSSR count). The lowest BCUT2D eigenvalue weighted by atomic mass is 10.1. The Bertz CT molecular complexity index is 733. The largest absolute Gasteiger partial charge is 0.444 e. The molecular weight excluding hydrogens is 358 g/mol. The summed E-state index contributed by atoms with van der Waals surface area (Å²) in [6.07, 6.45) is 1.06. The number of carbonyl (C=O) groups excluding carboxylic acids is 3. The van der Waals surface area contributed by atoms with Gasteiger partial charge in [0.2, 0.25) is 11.8 Å². The number of rotatable bonds is 7. The van der Waals surface area contributed by atoms with Crippen molar-refractivity contribution in [1.82, 2.24) is 5.32 Å². The Morgan fingerprint density at radius 1 is 1.07 bits per heavy atom. The van der Waals surface area contributed by atoms with Gasteiger partial charge in [-0.2, -0.15) is 0 Å². The van der Waals surface area contributed by atoms with Crippen LogP contribution in [0.5, 0.6) is 0 Å². The molecule has 0 radical (unpaired) electrons. The summed E-state index contributed by atoms with van der Waals surface area (Å²) >= 11 is 0. The Hall–Kier alpha value is -2.83. The van der Waals surface area contributed by atoms with Crippen molar-refractivity contribution in [2.24, 2.45) is 5.92 Å². The Kier molecular flexibility index (Phi) is 8.70. The van der Waals surface area contributed by atoms with Crippen LogP contribution >= 0.6 is 0 Å². The van der Waals surface area contributed by atoms with Gasteiger partial charge in [0.1, 0.15) is 5.60 Å². The van der Waals surface area contributed by atoms with Crippen LogP contribution in [0.15, 0.2) is 35.9 Å². The average Bonchev–Trinajstić information content (AvgIpc) is 2.54. The highest BCUT2D eigenvalue weighted by molar-refractivity contribution is 6.04. The number of hydrogen-bond donors (Lipinski definition) is 3. The molecule has 154 valence electrons. The van der Waals surface area contributed by atoms with E-state index >= 15 is 0 Å². The number of hydrogen-bond acceptors (Lipinski definition) is 4. The topological polar surface area (TPSA) is 96.5 Å². The fraction of sp³-hybridized carbons (Fsp3) is 0.476. The summed E-state index contributed by atoms with van der Waals surface area (Å²) < 4.78 is 5.11. The normalized spacial score (nSPS) is 11.8. The van der Waals surface area contributed by atoms with E-state index in [9.17, 15) is 14.4 Å². The minimum absolute atomic E-state index is 0.0773. The van der Waals surface area contributed by atoms with E-state index in [4.69, 9.17) is 4.74 Å². The highest BCUT2D eigenvalue weighted by atomic mass is 16.6. The maximum atomic E-state index is 12.2. The van der Waals surface area contributed by atoms with Crippen LogP contribution in [0.3, 0.4) is 0 Å². The molecule has 3 N–H and O–H groups in total. The molecule has 0 heterocycles. The average molecular weight is 389 g/mol. The highest BCUT2D eigenvalue weighted by Crippen LogP contribution is 2.21. The maximum absolute atomic E-state index is 12.2. The predicted molar refractivity (Wildman–Crippen MR) is 111 cm³/mol. The molecule has 0 aliphatic carbocycles. The van der Waals surface area contributed by atoms with E-state index in [-0.39, 0.29) is 30.7 Å². The standard InChI is InChI=1S/C21H31N3O4/c1-14(2)15(3)13-19(26)24-17-10-8-7-9-16(17)23-18(25)11-12-22-20(27)28-21(4,5)6/h7-10,13-14H,11-12H2,1-6H3,(H,22,27)(H,23,25)(H,24,26)/b15-13+. The quantitative estimate of drug-likeness (QED) is 0.612. The lowest BCUT2D eigenvalue weighted by Gasteiger charge is -2.19. The van der Waals surface area contributed by atoms with Gasteiger partial charge in [-0.05, 0) is 45.7 Å². The number of anilines is 2. The van der Waals surface area contributed by atoms with Crippen molar-refractivity contribution < 1.29 is 19.1 Å². The smallest absolute Gasteiger partial charge is 0.407 e. The molecule has 0 saturated carbocycles. The van der Waals surface area contributed by atoms with Crippen molar-refractivity contribution in [3.63, 3.8) is 0 Å². The van der Waals surface area contributed by atoms with Crippen LogP contribution in [0.2, 0.25) is 0 Å². The zero-order valence-electron chi connectivity index (χ0n) is 17.5. The summed E-state index contributed by atoms with van der Waals surface area (Å²) in [5.74, 6) is -0.260. The van der Waals surface area contributed by atoms with Crippen LogP contribution < -0.4 is 16.0 Å². The van der Waals surface area contributed by atoms with Gasteiger partial charge in [0, 0.05) is 19.0 Å². The first-order chi connectivity index (χ1) is 13.0. The second-order valence-corrected chi connectivity index (χ2v) is 7.80. The zero-order valence-corrected chi connectivity index (χ0v) is 17.5. The molecule has 1 aromatic carbocycles. The van der Waals surface area contributed by atoms with Crippen LogP contribution in [0.1, 0.15) is 48.0 Å². The molecule has 1 aromatic rings. The number of ether oxygens (including phenoxy) is 1. The molecule has 7 heteroatoms. The predicted octanol–water partition coefficient (Wildman–Crippen LogP) is 4.08. The molecule has 0 unspecified atom stereocenters. The lowest BCUT2D eigenvalue weighted by molar-refractivity contribution is -0.116. The summed E-state index contributed by atoms with van der Waals surface area (Å²) in [4.78, 5) is 35.9. The van der Waals surface area contributed by atoms with Crippen LogP contribution in [0, 0.1) is 5.92 Å². The number of carbonyl (C=O) groups is 3. The van der Waals surface area contributed by atoms with Gasteiger partial charge < -0.3 is 20.7 Å². The van der Waals surface area contributed by atoms with Gasteiger partial charge in [0.25, 0.3) is 0 Å². The summed E-state index contributed by atoms with van der Waals surface area (Å²) in [6, 6.07) is 6.95. The first-order valence-electron chi connectivity index (χ1n) is 9.33. The van der Waals surface area contributed by atoms with Gasteiger partial charge in [-0.15, -0.1) is 0 Å². The number of allylic oxidation sites excluding steroid dienone is 1. The van der Waals surface area contributed by atoms with Crippen LogP contribution in [-0.2, 0) is 14.3 Å². The molecule has 28 heavy (non-hydrogen) atoms. The SMILES string of the molecule is C/C(=C\C(=O)Nc1ccccc1NC(=O)CCNC(=O)OC(C)(C)C)C(C)C. The van der Waals surface area contributed by atoms with Gasteiger partial charge in [0.15, 0.2) is 0 Å². The Labute approximate surface area is 166 Å². The van der Waals surface area contributed by atoms with Gasteiger partial charge >= 0.3 is 6.09 Å². The number of nitrogens with one attached hydrogen (secondary N) is 3. The monoisotopic (exact) mass is 389 g/mol. The summed E-state index contributed by atoms with van der Waals surface area (Å²) in [7, 11) is 0. The fourth-order valence-corrected chi connectivity index (χ4v) is 2.05. The molecule has 0 saturated heterocycles. The first kappa shape index (κ1) is 23.2. The minimum Gasteiger partial charge on any atom is -0.444 e. The fourth-order valence-electron chi connectivity index (χ4n) is 2.05. The summed E-state index contributed by atoms with van der Waals surface area (Å²) in [5.41, 5.74) is 1.38. The van der Waals surface area contributed by atoms with Gasteiger partial charge in [-0.1, -0.05) is 31.6 Å². The van der Waals surface area contributed by atoms with E-state index in [1.165, 1.54) is 0 Å². The summed E-state index contributed by atoms with van der Waals surface area (Å²) in [5, 5.41) is 8.06. The van der Waals surface area contributed by atoms with Crippen molar-refractivity contribution in [2.45, 2.75) is 53.6 Å². The van der Waals surface area contributed by atoms with Crippen molar-refractivity contribution in [3.8, 4) is 0 Å². The molecule has 0 aromatic heterocycles. The third-order valence-electron chi connectivity index (χ3n) is 3.75. The second-order valence-electron chi connectivity index (χ2n) is 7.80. The van der Waals surface area contributed by atoms with Crippen molar-refractivity contribution in [2.75, 3.05) is 17.2 Å². The van der Waals surface area contributed by atoms with Crippen molar-refractivity contribution in [1.29, 1.82) is 0 Å². The van der Waals surface area contributed by atoms with E-state index in [1.54, 1.807) is 51.1 Å². The number of alkyl carbamates (subject to hydrolysis) is 1. The van der Waals surface area contributed by atoms with Gasteiger partial charge in [-0.25, -0.2) is 4.79 Å². The molecule has 3 amide bonds. The number of amides is 3. The van der Waals surface area contributed by atoms with E-state index in [0.717, 1.165) is 5.57 Å². The van der Waals surface area contributed by atoms with Crippen molar-refractivity contribution >= 4 is 29.3 Å². The van der Waals surface area contributed by atoms with Crippen LogP contribution in [0.4, 0.5) is 16.2 Å². The molecule has 0 fully saturated rings. The Morgan fingerprint density at radius 3 is 2.18 bits per heavy atom. The first-order valence-corrected chi connectivity index (χ1v) is 9.33. The van der Waals surface area contributed by atoms with E-state index in [2.05, 4.69) is 16.0 Å². The highest BCUT2D eigenvalue weighted by Gasteiger charge is 2.16. The van der Waals surface area contributed by atoms with Crippen LogP contribution in [-0.4, -0.2) is 30.1 Å². The molecular formula is C21H31N3O4. The van der Waals surface area contributed by atoms with E-state index < -0.39 is 11.7 Å². The molecule has 0 bridgehead atoms. The van der Waals surface area contributed by atoms with Crippen molar-refractivity contribution in [3.05, 3.63) is 35.9 Å². The Balaban J connectivity index is 2.60. The Morgan fingerprint density at radius 2 is 1.64 bits per heavy atom. The molecule has 0 aliphatic rings. The number of para-hydroxylation sites is 2. The molecule has 0 spiro atoms. The van der Waals surface area contributed by atoms with Crippen LogP contribution in [0.25, 0.3) is 0 Å². The lowest BCUT2D eigenvalue weighted by Crippen LogP contribution is -2.34. The third-order valence-corrected chi connectivity index (χ3v) is 3.75. The zero-order chi connectivity index (χ0) is 21.3. The molecule has 0 atom stereocenters. The second kappa shape index (κ2) is 10.5. The number of benzene rings is 1. The third kappa shape index (κ3) is 9.21. The molecule has 7 nitrogen and oxygen atoms in total. The van der Waals surface area contributed by atoms with Gasteiger partial charge in [0.05, 0.1) is 11.4 Å². The maximum Gasteiger partial charge on any atom is 0.407 e.